The van der Waals surface area contributed by atoms with Gasteiger partial charge in [0.1, 0.15) is 0 Å². The predicted molar refractivity (Wildman–Crippen MR) is 99.3 cm³/mol. The summed E-state index contributed by atoms with van der Waals surface area (Å²) in [6.07, 6.45) is 0. The Kier molecular flexibility index (Phi) is 4.95. The number of aromatic nitrogens is 1. The molecule has 3 rings (SSSR count). The summed E-state index contributed by atoms with van der Waals surface area (Å²) in [5, 5.41) is 8.43. The number of thiazole rings is 1. The van der Waals surface area contributed by atoms with E-state index in [9.17, 15) is 4.79 Å². The molecule has 4 nitrogen and oxygen atoms in total. The summed E-state index contributed by atoms with van der Waals surface area (Å²) in [4.78, 5) is 16.4. The maximum atomic E-state index is 12.0. The number of halogens is 2. The van der Waals surface area contributed by atoms with E-state index in [0.29, 0.717) is 15.8 Å². The molecular formula is C16H11BrClN3OS. The Morgan fingerprint density at radius 3 is 2.65 bits per heavy atom. The minimum atomic E-state index is -0.357. The van der Waals surface area contributed by atoms with Crippen LogP contribution < -0.4 is 10.6 Å². The summed E-state index contributed by atoms with van der Waals surface area (Å²) in [6, 6.07) is 14.4. The van der Waals surface area contributed by atoms with E-state index in [2.05, 4.69) is 31.5 Å². The lowest BCUT2D eigenvalue weighted by Crippen LogP contribution is -2.19. The maximum absolute atomic E-state index is 12.0. The van der Waals surface area contributed by atoms with Crippen LogP contribution in [0.2, 0.25) is 5.02 Å². The third kappa shape index (κ3) is 4.31. The van der Waals surface area contributed by atoms with Crippen LogP contribution in [0.25, 0.3) is 11.3 Å². The van der Waals surface area contributed by atoms with E-state index in [1.54, 1.807) is 24.3 Å². The van der Waals surface area contributed by atoms with Gasteiger partial charge in [0.15, 0.2) is 5.13 Å². The van der Waals surface area contributed by atoms with Crippen LogP contribution in [0.15, 0.2) is 58.4 Å². The number of hydrogen-bond donors (Lipinski definition) is 2. The van der Waals surface area contributed by atoms with Crippen LogP contribution in [0.1, 0.15) is 0 Å². The molecule has 3 aromatic rings. The van der Waals surface area contributed by atoms with E-state index in [1.165, 1.54) is 11.3 Å². The van der Waals surface area contributed by atoms with Crippen molar-refractivity contribution in [3.8, 4) is 11.3 Å². The summed E-state index contributed by atoms with van der Waals surface area (Å²) in [6.45, 7) is 0. The van der Waals surface area contributed by atoms with Crippen LogP contribution in [0, 0.1) is 0 Å². The van der Waals surface area contributed by atoms with Crippen LogP contribution in [-0.2, 0) is 0 Å². The largest absolute Gasteiger partial charge is 0.325 e. The van der Waals surface area contributed by atoms with Gasteiger partial charge in [-0.15, -0.1) is 11.3 Å². The fraction of sp³-hybridized carbons (Fsp3) is 0. The quantitative estimate of drug-likeness (QED) is 0.569. The van der Waals surface area contributed by atoms with Crippen molar-refractivity contribution in [1.29, 1.82) is 0 Å². The molecular weight excluding hydrogens is 398 g/mol. The summed E-state index contributed by atoms with van der Waals surface area (Å²) in [7, 11) is 0. The van der Waals surface area contributed by atoms with Gasteiger partial charge in [0.2, 0.25) is 0 Å². The number of amides is 2. The molecule has 0 atom stereocenters. The molecule has 116 valence electrons. The van der Waals surface area contributed by atoms with Gasteiger partial charge in [0.05, 0.1) is 5.69 Å². The van der Waals surface area contributed by atoms with Crippen molar-refractivity contribution < 1.29 is 4.79 Å². The van der Waals surface area contributed by atoms with Crippen molar-refractivity contribution in [3.63, 3.8) is 0 Å². The summed E-state index contributed by atoms with van der Waals surface area (Å²) < 4.78 is 1.01. The minimum absolute atomic E-state index is 0.357. The van der Waals surface area contributed by atoms with Crippen molar-refractivity contribution in [2.45, 2.75) is 0 Å². The third-order valence-corrected chi connectivity index (χ3v) is 4.47. The lowest BCUT2D eigenvalue weighted by molar-refractivity contribution is 0.262. The zero-order chi connectivity index (χ0) is 16.2. The smallest absolute Gasteiger partial charge is 0.308 e. The van der Waals surface area contributed by atoms with Crippen LogP contribution in [-0.4, -0.2) is 11.0 Å². The van der Waals surface area contributed by atoms with Gasteiger partial charge in [-0.1, -0.05) is 45.7 Å². The second-order valence-electron chi connectivity index (χ2n) is 4.63. The molecule has 0 bridgehead atoms. The van der Waals surface area contributed by atoms with Gasteiger partial charge >= 0.3 is 6.03 Å². The van der Waals surface area contributed by atoms with Gasteiger partial charge in [0.25, 0.3) is 0 Å². The Labute approximate surface area is 150 Å². The number of nitrogens with zero attached hydrogens (tertiary/aromatic N) is 1. The van der Waals surface area contributed by atoms with Gasteiger partial charge < -0.3 is 5.32 Å². The summed E-state index contributed by atoms with van der Waals surface area (Å²) in [5.74, 6) is 0. The van der Waals surface area contributed by atoms with E-state index in [0.717, 1.165) is 15.7 Å². The van der Waals surface area contributed by atoms with Crippen LogP contribution in [0.5, 0.6) is 0 Å². The molecule has 2 amide bonds. The first-order chi connectivity index (χ1) is 11.1. The number of anilines is 2. The third-order valence-electron chi connectivity index (χ3n) is 2.95. The molecule has 0 fully saturated rings. The maximum Gasteiger partial charge on any atom is 0.325 e. The molecule has 0 saturated heterocycles. The number of urea groups is 1. The molecule has 23 heavy (non-hydrogen) atoms. The lowest BCUT2D eigenvalue weighted by atomic mass is 10.2. The first-order valence-electron chi connectivity index (χ1n) is 6.65. The van der Waals surface area contributed by atoms with Gasteiger partial charge in [-0.25, -0.2) is 9.78 Å². The zero-order valence-electron chi connectivity index (χ0n) is 11.7. The normalized spacial score (nSPS) is 10.3. The molecule has 1 aromatic heterocycles. The molecule has 0 aliphatic heterocycles. The molecule has 0 aliphatic carbocycles. The highest BCUT2D eigenvalue weighted by Crippen LogP contribution is 2.26. The van der Waals surface area contributed by atoms with Crippen molar-refractivity contribution in [1.82, 2.24) is 4.98 Å². The van der Waals surface area contributed by atoms with E-state index in [4.69, 9.17) is 11.6 Å². The standard InChI is InChI=1S/C16H11BrClN3OS/c17-11-6-4-10(5-7-11)14-9-23-16(20-14)21-15(22)19-13-3-1-2-12(18)8-13/h1-9H,(H2,19,20,21,22). The highest BCUT2D eigenvalue weighted by molar-refractivity contribution is 9.10. The van der Waals surface area contributed by atoms with E-state index in [1.807, 2.05) is 29.6 Å². The average molecular weight is 409 g/mol. The summed E-state index contributed by atoms with van der Waals surface area (Å²) in [5.41, 5.74) is 2.44. The number of carbonyl (C=O) groups excluding carboxylic acids is 1. The van der Waals surface area contributed by atoms with E-state index in [-0.39, 0.29) is 6.03 Å². The monoisotopic (exact) mass is 407 g/mol. The number of hydrogen-bond acceptors (Lipinski definition) is 3. The minimum Gasteiger partial charge on any atom is -0.308 e. The predicted octanol–water partition coefficient (Wildman–Crippen LogP) is 5.87. The highest BCUT2D eigenvalue weighted by Gasteiger charge is 2.08. The number of carbonyl (C=O) groups is 1. The van der Waals surface area contributed by atoms with E-state index < -0.39 is 0 Å². The van der Waals surface area contributed by atoms with Crippen molar-refractivity contribution in [2.75, 3.05) is 10.6 Å². The Bertz CT molecular complexity index is 835. The molecule has 7 heteroatoms. The van der Waals surface area contributed by atoms with Crippen LogP contribution >= 0.6 is 38.9 Å². The van der Waals surface area contributed by atoms with Crippen molar-refractivity contribution in [2.24, 2.45) is 0 Å². The molecule has 0 spiro atoms. The Morgan fingerprint density at radius 1 is 1.13 bits per heavy atom. The Hall–Kier alpha value is -1.89. The number of nitrogens with one attached hydrogen (secondary N) is 2. The topological polar surface area (TPSA) is 54.0 Å². The molecule has 0 radical (unpaired) electrons. The highest BCUT2D eigenvalue weighted by atomic mass is 79.9. The SMILES string of the molecule is O=C(Nc1cccc(Cl)c1)Nc1nc(-c2ccc(Br)cc2)cs1. The first kappa shape index (κ1) is 16.0. The van der Waals surface area contributed by atoms with Crippen LogP contribution in [0.3, 0.4) is 0 Å². The molecule has 2 aromatic carbocycles. The number of rotatable bonds is 3. The Morgan fingerprint density at radius 2 is 1.91 bits per heavy atom. The fourth-order valence-corrected chi connectivity index (χ4v) is 3.08. The van der Waals surface area contributed by atoms with Gasteiger partial charge in [-0.3, -0.25) is 5.32 Å². The van der Waals surface area contributed by atoms with Gasteiger partial charge in [-0.05, 0) is 30.3 Å². The van der Waals surface area contributed by atoms with Crippen molar-refractivity contribution in [3.05, 3.63) is 63.4 Å². The van der Waals surface area contributed by atoms with Gasteiger partial charge in [0, 0.05) is 26.1 Å². The molecule has 1 heterocycles. The number of benzene rings is 2. The molecule has 0 unspecified atom stereocenters. The Balaban J connectivity index is 1.66. The lowest BCUT2D eigenvalue weighted by Gasteiger charge is -2.05. The summed E-state index contributed by atoms with van der Waals surface area (Å²) >= 11 is 10.7. The molecule has 2 N–H and O–H groups in total. The van der Waals surface area contributed by atoms with Gasteiger partial charge in [-0.2, -0.15) is 0 Å². The van der Waals surface area contributed by atoms with Crippen molar-refractivity contribution >= 4 is 55.7 Å². The van der Waals surface area contributed by atoms with E-state index >= 15 is 0 Å². The molecule has 0 saturated carbocycles. The molecule has 0 aliphatic rings. The zero-order valence-corrected chi connectivity index (χ0v) is 14.9. The fourth-order valence-electron chi connectivity index (χ4n) is 1.91. The second-order valence-corrected chi connectivity index (χ2v) is 6.84. The first-order valence-corrected chi connectivity index (χ1v) is 8.70. The second kappa shape index (κ2) is 7.12. The van der Waals surface area contributed by atoms with Crippen LogP contribution in [0.4, 0.5) is 15.6 Å². The average Bonchev–Trinajstić information content (AvgIpc) is 2.96.